The van der Waals surface area contributed by atoms with Gasteiger partial charge in [-0.1, -0.05) is 0 Å². The van der Waals surface area contributed by atoms with E-state index in [1.165, 1.54) is 9.09 Å². The highest BCUT2D eigenvalue weighted by molar-refractivity contribution is 14.1. The number of halogens is 2. The number of aryl methyl sites for hydroxylation is 2. The summed E-state index contributed by atoms with van der Waals surface area (Å²) in [5, 5.41) is 1.93. The van der Waals surface area contributed by atoms with Gasteiger partial charge in [-0.05, 0) is 34.2 Å². The first-order valence-electron chi connectivity index (χ1n) is 3.90. The molecule has 0 aliphatic rings. The molecule has 2 heterocycles. The Balaban J connectivity index is 2.98. The molecule has 2 aromatic heterocycles. The molecular formula is C9H9ClIN2+. The van der Waals surface area contributed by atoms with Crippen molar-refractivity contribution < 1.29 is 4.57 Å². The first kappa shape index (κ1) is 9.27. The highest BCUT2D eigenvalue weighted by Crippen LogP contribution is 2.26. The molecule has 0 saturated heterocycles. The lowest BCUT2D eigenvalue weighted by Gasteiger charge is -1.95. The Bertz CT molecular complexity index is 476. The van der Waals surface area contributed by atoms with Crippen molar-refractivity contribution in [3.05, 3.63) is 27.2 Å². The number of nitrogens with zero attached hydrogens (tertiary/aromatic N) is 2. The maximum Gasteiger partial charge on any atom is 0.285 e. The van der Waals surface area contributed by atoms with E-state index in [0.717, 1.165) is 10.5 Å². The second kappa shape index (κ2) is 3.13. The van der Waals surface area contributed by atoms with Crippen molar-refractivity contribution in [3.8, 4) is 0 Å². The van der Waals surface area contributed by atoms with Gasteiger partial charge in [0, 0.05) is 22.9 Å². The number of hydrogen-bond acceptors (Lipinski definition) is 0. The molecule has 0 fully saturated rings. The number of fused-ring (bicyclic) bond motifs is 1. The van der Waals surface area contributed by atoms with E-state index < -0.39 is 0 Å². The summed E-state index contributed by atoms with van der Waals surface area (Å²) in [5.74, 6) is 0. The number of rotatable bonds is 0. The van der Waals surface area contributed by atoms with E-state index in [2.05, 4.69) is 39.4 Å². The van der Waals surface area contributed by atoms with Gasteiger partial charge < -0.3 is 4.57 Å². The van der Waals surface area contributed by atoms with Crippen LogP contribution in [0.25, 0.3) is 10.9 Å². The lowest BCUT2D eigenvalue weighted by molar-refractivity contribution is -0.667. The third-order valence-electron chi connectivity index (χ3n) is 2.15. The molecule has 2 rings (SSSR count). The third-order valence-corrected chi connectivity index (χ3v) is 3.43. The average Bonchev–Trinajstić information content (AvgIpc) is 2.35. The Morgan fingerprint density at radius 3 is 2.92 bits per heavy atom. The van der Waals surface area contributed by atoms with Crippen molar-refractivity contribution >= 4 is 45.1 Å². The van der Waals surface area contributed by atoms with Crippen molar-refractivity contribution in [2.45, 2.75) is 0 Å². The molecule has 0 amide bonds. The minimum Gasteiger partial charge on any atom is -0.349 e. The molecule has 0 bridgehead atoms. The Morgan fingerprint density at radius 2 is 2.23 bits per heavy atom. The van der Waals surface area contributed by atoms with Gasteiger partial charge in [-0.25, -0.2) is 0 Å². The Hall–Kier alpha value is -0.290. The van der Waals surface area contributed by atoms with Crippen LogP contribution in [0.3, 0.4) is 0 Å². The summed E-state index contributed by atoms with van der Waals surface area (Å²) in [7, 11) is 3.98. The predicted octanol–water partition coefficient (Wildman–Crippen LogP) is 2.26. The lowest BCUT2D eigenvalue weighted by Crippen LogP contribution is -2.28. The molecule has 13 heavy (non-hydrogen) atoms. The van der Waals surface area contributed by atoms with E-state index in [4.69, 9.17) is 11.6 Å². The standard InChI is InChI=1S/C9H9ClIN2/c1-12-4-3-7-8(9(12)10)6(11)5-13(7)2/h3-5H,1-2H3/q+1. The van der Waals surface area contributed by atoms with Gasteiger partial charge in [0.25, 0.3) is 5.15 Å². The van der Waals surface area contributed by atoms with Crippen LogP contribution in [0.4, 0.5) is 0 Å². The van der Waals surface area contributed by atoms with E-state index in [1.54, 1.807) is 0 Å². The fraction of sp³-hybridized carbons (Fsp3) is 0.222. The summed E-state index contributed by atoms with van der Waals surface area (Å²) in [6.07, 6.45) is 4.05. The summed E-state index contributed by atoms with van der Waals surface area (Å²) in [5.41, 5.74) is 1.17. The normalized spacial score (nSPS) is 11.1. The number of hydrogen-bond donors (Lipinski definition) is 0. The molecule has 0 atom stereocenters. The van der Waals surface area contributed by atoms with Crippen LogP contribution in [0.5, 0.6) is 0 Å². The van der Waals surface area contributed by atoms with Crippen molar-refractivity contribution in [2.24, 2.45) is 14.1 Å². The van der Waals surface area contributed by atoms with Gasteiger partial charge in [0.2, 0.25) is 0 Å². The third kappa shape index (κ3) is 1.34. The Kier molecular flexibility index (Phi) is 2.23. The largest absolute Gasteiger partial charge is 0.349 e. The quantitative estimate of drug-likeness (QED) is 0.401. The zero-order chi connectivity index (χ0) is 9.59. The molecule has 0 radical (unpaired) electrons. The summed E-state index contributed by atoms with van der Waals surface area (Å²) in [6.45, 7) is 0. The van der Waals surface area contributed by atoms with Gasteiger partial charge in [0.15, 0.2) is 6.20 Å². The van der Waals surface area contributed by atoms with Crippen LogP contribution in [0.2, 0.25) is 5.15 Å². The van der Waals surface area contributed by atoms with Crippen LogP contribution in [0.15, 0.2) is 18.5 Å². The zero-order valence-corrected chi connectivity index (χ0v) is 10.3. The molecule has 0 aliphatic carbocycles. The second-order valence-electron chi connectivity index (χ2n) is 3.07. The molecular weight excluding hydrogens is 298 g/mol. The van der Waals surface area contributed by atoms with Gasteiger partial charge >= 0.3 is 0 Å². The molecule has 0 spiro atoms. The highest BCUT2D eigenvalue weighted by Gasteiger charge is 2.14. The number of aromatic nitrogens is 2. The van der Waals surface area contributed by atoms with Gasteiger partial charge in [-0.3, -0.25) is 0 Å². The first-order valence-corrected chi connectivity index (χ1v) is 5.35. The van der Waals surface area contributed by atoms with Crippen LogP contribution in [-0.2, 0) is 14.1 Å². The fourth-order valence-corrected chi connectivity index (χ4v) is 2.80. The maximum atomic E-state index is 6.19. The molecule has 0 N–H and O–H groups in total. The van der Waals surface area contributed by atoms with E-state index in [0.29, 0.717) is 0 Å². The molecule has 2 aromatic rings. The number of pyridine rings is 1. The fourth-order valence-electron chi connectivity index (χ4n) is 1.43. The molecule has 4 heteroatoms. The smallest absolute Gasteiger partial charge is 0.285 e. The van der Waals surface area contributed by atoms with Crippen molar-refractivity contribution in [3.63, 3.8) is 0 Å². The predicted molar refractivity (Wildman–Crippen MR) is 61.8 cm³/mol. The summed E-state index contributed by atoms with van der Waals surface area (Å²) >= 11 is 8.49. The minimum absolute atomic E-state index is 0.794. The van der Waals surface area contributed by atoms with Gasteiger partial charge in [-0.15, -0.1) is 0 Å². The Labute approximate surface area is 95.3 Å². The molecule has 0 aromatic carbocycles. The van der Waals surface area contributed by atoms with Gasteiger partial charge in [0.05, 0.1) is 10.9 Å². The molecule has 0 unspecified atom stereocenters. The van der Waals surface area contributed by atoms with E-state index in [9.17, 15) is 0 Å². The van der Waals surface area contributed by atoms with Crippen LogP contribution < -0.4 is 4.57 Å². The average molecular weight is 308 g/mol. The molecule has 68 valence electrons. The van der Waals surface area contributed by atoms with E-state index >= 15 is 0 Å². The van der Waals surface area contributed by atoms with Crippen molar-refractivity contribution in [1.29, 1.82) is 0 Å². The first-order chi connectivity index (χ1) is 6.11. The lowest BCUT2D eigenvalue weighted by atomic mass is 10.3. The van der Waals surface area contributed by atoms with E-state index in [-0.39, 0.29) is 0 Å². The molecule has 0 aliphatic heterocycles. The van der Waals surface area contributed by atoms with Crippen LogP contribution in [0.1, 0.15) is 0 Å². The van der Waals surface area contributed by atoms with Crippen LogP contribution >= 0.6 is 34.2 Å². The minimum atomic E-state index is 0.794. The second-order valence-corrected chi connectivity index (χ2v) is 4.59. The highest BCUT2D eigenvalue weighted by atomic mass is 127. The van der Waals surface area contributed by atoms with E-state index in [1.807, 2.05) is 24.9 Å². The van der Waals surface area contributed by atoms with Crippen LogP contribution in [-0.4, -0.2) is 4.57 Å². The zero-order valence-electron chi connectivity index (χ0n) is 7.38. The summed E-state index contributed by atoms with van der Waals surface area (Å²) in [4.78, 5) is 0. The van der Waals surface area contributed by atoms with Crippen LogP contribution in [0, 0.1) is 3.57 Å². The summed E-state index contributed by atoms with van der Waals surface area (Å²) < 4.78 is 5.20. The summed E-state index contributed by atoms with van der Waals surface area (Å²) in [6, 6.07) is 2.07. The van der Waals surface area contributed by atoms with Gasteiger partial charge in [0.1, 0.15) is 7.05 Å². The van der Waals surface area contributed by atoms with Gasteiger partial charge in [-0.2, -0.15) is 4.57 Å². The topological polar surface area (TPSA) is 8.81 Å². The Morgan fingerprint density at radius 1 is 1.54 bits per heavy atom. The van der Waals surface area contributed by atoms with Crippen molar-refractivity contribution in [2.75, 3.05) is 0 Å². The van der Waals surface area contributed by atoms with Crippen molar-refractivity contribution in [1.82, 2.24) is 4.57 Å². The monoisotopic (exact) mass is 307 g/mol. The SMILES string of the molecule is Cn1cc(I)c2c(Cl)[n+](C)ccc21. The molecule has 2 nitrogen and oxygen atoms in total. The maximum absolute atomic E-state index is 6.19. The molecule has 0 saturated carbocycles.